The minimum atomic E-state index is -0.00857. The molecule has 30 heavy (non-hydrogen) atoms. The first-order chi connectivity index (χ1) is 14.4. The van der Waals surface area contributed by atoms with Crippen molar-refractivity contribution in [3.8, 4) is 11.1 Å². The Morgan fingerprint density at radius 2 is 1.57 bits per heavy atom. The number of nitrogens with zero attached hydrogens (tertiary/aromatic N) is 3. The molecule has 0 aliphatic heterocycles. The summed E-state index contributed by atoms with van der Waals surface area (Å²) in [5.74, 6) is 0.876. The highest BCUT2D eigenvalue weighted by molar-refractivity contribution is 6.01. The van der Waals surface area contributed by atoms with Gasteiger partial charge in [-0.25, -0.2) is 9.97 Å². The van der Waals surface area contributed by atoms with Gasteiger partial charge in [0.2, 0.25) is 5.95 Å². The third kappa shape index (κ3) is 5.03. The van der Waals surface area contributed by atoms with E-state index in [9.17, 15) is 4.79 Å². The molecule has 1 atom stereocenters. The fourth-order valence-electron chi connectivity index (χ4n) is 3.70. The van der Waals surface area contributed by atoms with Gasteiger partial charge in [-0.15, -0.1) is 0 Å². The Morgan fingerprint density at radius 1 is 0.967 bits per heavy atom. The molecule has 0 spiro atoms. The molecule has 0 radical (unpaired) electrons. The van der Waals surface area contributed by atoms with Crippen LogP contribution in [0.25, 0.3) is 11.1 Å². The van der Waals surface area contributed by atoms with Crippen molar-refractivity contribution in [1.29, 1.82) is 0 Å². The van der Waals surface area contributed by atoms with Gasteiger partial charge < -0.3 is 10.2 Å². The van der Waals surface area contributed by atoms with Crippen molar-refractivity contribution < 1.29 is 4.79 Å². The van der Waals surface area contributed by atoms with Gasteiger partial charge in [0.05, 0.1) is 6.04 Å². The van der Waals surface area contributed by atoms with E-state index in [4.69, 9.17) is 0 Å². The fourth-order valence-corrected chi connectivity index (χ4v) is 3.70. The van der Waals surface area contributed by atoms with E-state index in [1.807, 2.05) is 86.5 Å². The van der Waals surface area contributed by atoms with Gasteiger partial charge >= 0.3 is 0 Å². The number of likely N-dealkylation sites (N-methyl/N-ethyl adjacent to an activating group) is 1. The Kier molecular flexibility index (Phi) is 6.83. The molecule has 3 aromatic rings. The molecule has 1 unspecified atom stereocenters. The van der Waals surface area contributed by atoms with Crippen molar-refractivity contribution in [2.75, 3.05) is 18.9 Å². The Hall–Kier alpha value is -3.21. The van der Waals surface area contributed by atoms with Crippen LogP contribution in [0, 0.1) is 19.8 Å². The van der Waals surface area contributed by atoms with Crippen molar-refractivity contribution in [3.05, 3.63) is 77.6 Å². The zero-order valence-corrected chi connectivity index (χ0v) is 18.4. The third-order valence-electron chi connectivity index (χ3n) is 5.28. The standard InChI is InChI=1S/C25H30N4O/c1-17(2)23(16-26-25-27-18(3)15-19(4)28-25)29(5)24(30)22-14-10-9-13-21(22)20-11-7-6-8-12-20/h6-15,17,23H,16H2,1-5H3,(H,26,27,28). The van der Waals surface area contributed by atoms with Crippen molar-refractivity contribution in [3.63, 3.8) is 0 Å². The summed E-state index contributed by atoms with van der Waals surface area (Å²) < 4.78 is 0. The minimum Gasteiger partial charge on any atom is -0.352 e. The summed E-state index contributed by atoms with van der Waals surface area (Å²) in [6.07, 6.45) is 0. The molecule has 2 aromatic carbocycles. The van der Waals surface area contributed by atoms with E-state index in [1.54, 1.807) is 0 Å². The predicted octanol–water partition coefficient (Wildman–Crippen LogP) is 4.97. The molecule has 1 N–H and O–H groups in total. The molecule has 0 fully saturated rings. The highest BCUT2D eigenvalue weighted by Crippen LogP contribution is 2.25. The molecule has 0 aliphatic carbocycles. The van der Waals surface area contributed by atoms with Crippen LogP contribution >= 0.6 is 0 Å². The first-order valence-electron chi connectivity index (χ1n) is 10.3. The second kappa shape index (κ2) is 9.53. The lowest BCUT2D eigenvalue weighted by molar-refractivity contribution is 0.0701. The van der Waals surface area contributed by atoms with Crippen LogP contribution < -0.4 is 5.32 Å². The van der Waals surface area contributed by atoms with E-state index in [0.29, 0.717) is 18.1 Å². The number of hydrogen-bond donors (Lipinski definition) is 1. The number of hydrogen-bond acceptors (Lipinski definition) is 4. The number of aryl methyl sites for hydroxylation is 2. The molecule has 0 aliphatic rings. The van der Waals surface area contributed by atoms with Crippen LogP contribution in [-0.4, -0.2) is 40.4 Å². The van der Waals surface area contributed by atoms with E-state index >= 15 is 0 Å². The van der Waals surface area contributed by atoms with Gasteiger partial charge in [0.15, 0.2) is 0 Å². The smallest absolute Gasteiger partial charge is 0.254 e. The molecule has 0 saturated heterocycles. The van der Waals surface area contributed by atoms with Crippen LogP contribution in [0.1, 0.15) is 35.6 Å². The molecule has 156 valence electrons. The van der Waals surface area contributed by atoms with E-state index in [1.165, 1.54) is 0 Å². The summed E-state index contributed by atoms with van der Waals surface area (Å²) in [4.78, 5) is 24.2. The Morgan fingerprint density at radius 3 is 2.20 bits per heavy atom. The molecule has 0 saturated carbocycles. The summed E-state index contributed by atoms with van der Waals surface area (Å²) in [5, 5.41) is 3.33. The largest absolute Gasteiger partial charge is 0.352 e. The normalized spacial score (nSPS) is 11.9. The van der Waals surface area contributed by atoms with E-state index in [0.717, 1.165) is 22.5 Å². The summed E-state index contributed by atoms with van der Waals surface area (Å²) in [6, 6.07) is 19.8. The molecule has 5 heteroatoms. The zero-order chi connectivity index (χ0) is 21.7. The maximum absolute atomic E-state index is 13.5. The topological polar surface area (TPSA) is 58.1 Å². The van der Waals surface area contributed by atoms with Gasteiger partial charge in [0, 0.05) is 30.5 Å². The molecular weight excluding hydrogens is 372 g/mol. The number of aromatic nitrogens is 2. The lowest BCUT2D eigenvalue weighted by Gasteiger charge is -2.32. The van der Waals surface area contributed by atoms with Gasteiger partial charge in [-0.3, -0.25) is 4.79 Å². The molecule has 1 heterocycles. The molecule has 3 rings (SSSR count). The number of benzene rings is 2. The predicted molar refractivity (Wildman–Crippen MR) is 123 cm³/mol. The van der Waals surface area contributed by atoms with Gasteiger partial charge in [0.1, 0.15) is 0 Å². The number of carbonyl (C=O) groups excluding carboxylic acids is 1. The quantitative estimate of drug-likeness (QED) is 0.606. The molecule has 1 aromatic heterocycles. The van der Waals surface area contributed by atoms with Gasteiger partial charge in [-0.1, -0.05) is 62.4 Å². The van der Waals surface area contributed by atoms with E-state index in [2.05, 4.69) is 29.1 Å². The summed E-state index contributed by atoms with van der Waals surface area (Å²) in [5.41, 5.74) is 4.54. The Bertz CT molecular complexity index is 981. The average molecular weight is 403 g/mol. The first kappa shape index (κ1) is 21.5. The summed E-state index contributed by atoms with van der Waals surface area (Å²) in [6.45, 7) is 8.74. The highest BCUT2D eigenvalue weighted by atomic mass is 16.2. The average Bonchev–Trinajstić information content (AvgIpc) is 2.73. The maximum atomic E-state index is 13.5. The first-order valence-corrected chi connectivity index (χ1v) is 10.3. The molecule has 1 amide bonds. The van der Waals surface area contributed by atoms with Crippen LogP contribution in [0.4, 0.5) is 5.95 Å². The Labute approximate surface area is 179 Å². The monoisotopic (exact) mass is 402 g/mol. The maximum Gasteiger partial charge on any atom is 0.254 e. The van der Waals surface area contributed by atoms with Crippen LogP contribution in [0.15, 0.2) is 60.7 Å². The van der Waals surface area contributed by atoms with Crippen LogP contribution in [0.2, 0.25) is 0 Å². The lowest BCUT2D eigenvalue weighted by atomic mass is 9.97. The van der Waals surface area contributed by atoms with Crippen molar-refractivity contribution in [2.24, 2.45) is 5.92 Å². The van der Waals surface area contributed by atoms with Crippen molar-refractivity contribution >= 4 is 11.9 Å². The van der Waals surface area contributed by atoms with Gasteiger partial charge in [-0.2, -0.15) is 0 Å². The minimum absolute atomic E-state index is 0.00857. The molecule has 5 nitrogen and oxygen atoms in total. The SMILES string of the molecule is Cc1cc(C)nc(NCC(C(C)C)N(C)C(=O)c2ccccc2-c2ccccc2)n1. The fraction of sp³-hybridized carbons (Fsp3) is 0.320. The van der Waals surface area contributed by atoms with Crippen molar-refractivity contribution in [1.82, 2.24) is 14.9 Å². The van der Waals surface area contributed by atoms with Gasteiger partial charge in [0.25, 0.3) is 5.91 Å². The van der Waals surface area contributed by atoms with E-state index in [-0.39, 0.29) is 17.9 Å². The number of amides is 1. The second-order valence-corrected chi connectivity index (χ2v) is 7.99. The number of carbonyl (C=O) groups is 1. The lowest BCUT2D eigenvalue weighted by Crippen LogP contribution is -2.45. The molecule has 0 bridgehead atoms. The second-order valence-electron chi connectivity index (χ2n) is 7.99. The highest BCUT2D eigenvalue weighted by Gasteiger charge is 2.25. The molecular formula is C25H30N4O. The zero-order valence-electron chi connectivity index (χ0n) is 18.4. The van der Waals surface area contributed by atoms with E-state index < -0.39 is 0 Å². The summed E-state index contributed by atoms with van der Waals surface area (Å²) in [7, 11) is 1.87. The Balaban J connectivity index is 1.82. The number of nitrogens with one attached hydrogen (secondary N) is 1. The van der Waals surface area contributed by atoms with Crippen LogP contribution in [-0.2, 0) is 0 Å². The van der Waals surface area contributed by atoms with Crippen LogP contribution in [0.5, 0.6) is 0 Å². The van der Waals surface area contributed by atoms with Gasteiger partial charge in [-0.05, 0) is 43.0 Å². The number of rotatable bonds is 7. The van der Waals surface area contributed by atoms with Crippen LogP contribution in [0.3, 0.4) is 0 Å². The number of anilines is 1. The summed E-state index contributed by atoms with van der Waals surface area (Å²) >= 11 is 0. The van der Waals surface area contributed by atoms with Crippen molar-refractivity contribution in [2.45, 2.75) is 33.7 Å². The third-order valence-corrected chi connectivity index (χ3v) is 5.28.